The molecule has 0 amide bonds. The molecule has 0 radical (unpaired) electrons. The number of halogens is 1. The number of hydrogen-bond donors (Lipinski definition) is 1. The SMILES string of the molecule is COc1cc(Br)c(OC)c(CC2CCCNC2)c1. The molecule has 0 spiro atoms. The predicted molar refractivity (Wildman–Crippen MR) is 76.5 cm³/mol. The Morgan fingerprint density at radius 2 is 2.17 bits per heavy atom. The van der Waals surface area contributed by atoms with Gasteiger partial charge in [0.05, 0.1) is 18.7 Å². The van der Waals surface area contributed by atoms with Gasteiger partial charge in [0, 0.05) is 0 Å². The van der Waals surface area contributed by atoms with Crippen LogP contribution in [0.5, 0.6) is 11.5 Å². The topological polar surface area (TPSA) is 30.5 Å². The molecule has 4 heteroatoms. The maximum absolute atomic E-state index is 5.49. The Morgan fingerprint density at radius 3 is 2.78 bits per heavy atom. The molecule has 0 aliphatic carbocycles. The summed E-state index contributed by atoms with van der Waals surface area (Å²) in [4.78, 5) is 0. The lowest BCUT2D eigenvalue weighted by Crippen LogP contribution is -2.30. The van der Waals surface area contributed by atoms with Gasteiger partial charge in [-0.15, -0.1) is 0 Å². The number of nitrogens with one attached hydrogen (secondary N) is 1. The molecule has 100 valence electrons. The van der Waals surface area contributed by atoms with Gasteiger partial charge in [-0.25, -0.2) is 0 Å². The molecule has 1 saturated heterocycles. The van der Waals surface area contributed by atoms with Crippen molar-refractivity contribution in [2.75, 3.05) is 27.3 Å². The zero-order valence-corrected chi connectivity index (χ0v) is 12.5. The Labute approximate surface area is 117 Å². The van der Waals surface area contributed by atoms with Crippen LogP contribution in [0.15, 0.2) is 16.6 Å². The molecule has 0 bridgehead atoms. The first-order chi connectivity index (χ1) is 8.74. The van der Waals surface area contributed by atoms with Crippen LogP contribution in [0, 0.1) is 5.92 Å². The van der Waals surface area contributed by atoms with Gasteiger partial charge in [-0.2, -0.15) is 0 Å². The van der Waals surface area contributed by atoms with Gasteiger partial charge in [-0.3, -0.25) is 0 Å². The van der Waals surface area contributed by atoms with E-state index in [0.29, 0.717) is 5.92 Å². The van der Waals surface area contributed by atoms with E-state index in [4.69, 9.17) is 9.47 Å². The maximum Gasteiger partial charge on any atom is 0.136 e. The summed E-state index contributed by atoms with van der Waals surface area (Å²) < 4.78 is 11.8. The van der Waals surface area contributed by atoms with Crippen molar-refractivity contribution in [3.8, 4) is 11.5 Å². The van der Waals surface area contributed by atoms with E-state index in [0.717, 1.165) is 35.5 Å². The van der Waals surface area contributed by atoms with Crippen molar-refractivity contribution in [3.63, 3.8) is 0 Å². The Kier molecular flexibility index (Phi) is 4.89. The van der Waals surface area contributed by atoms with E-state index in [1.807, 2.05) is 6.07 Å². The van der Waals surface area contributed by atoms with Gasteiger partial charge < -0.3 is 14.8 Å². The van der Waals surface area contributed by atoms with Crippen LogP contribution >= 0.6 is 15.9 Å². The largest absolute Gasteiger partial charge is 0.497 e. The van der Waals surface area contributed by atoms with E-state index >= 15 is 0 Å². The summed E-state index contributed by atoms with van der Waals surface area (Å²) in [5, 5.41) is 3.45. The van der Waals surface area contributed by atoms with E-state index < -0.39 is 0 Å². The van der Waals surface area contributed by atoms with Crippen LogP contribution in [-0.2, 0) is 6.42 Å². The van der Waals surface area contributed by atoms with Crippen LogP contribution in [0.1, 0.15) is 18.4 Å². The molecular formula is C14H20BrNO2. The number of methoxy groups -OCH3 is 2. The van der Waals surface area contributed by atoms with Gasteiger partial charge in [0.2, 0.25) is 0 Å². The first-order valence-corrected chi connectivity index (χ1v) is 7.15. The zero-order valence-electron chi connectivity index (χ0n) is 11.0. The van der Waals surface area contributed by atoms with Crippen molar-refractivity contribution in [2.45, 2.75) is 19.3 Å². The second kappa shape index (κ2) is 6.43. The molecule has 1 N–H and O–H groups in total. The number of rotatable bonds is 4. The fourth-order valence-corrected chi connectivity index (χ4v) is 3.17. The van der Waals surface area contributed by atoms with Crippen molar-refractivity contribution in [1.29, 1.82) is 0 Å². The molecule has 18 heavy (non-hydrogen) atoms. The van der Waals surface area contributed by atoms with E-state index in [1.165, 1.54) is 18.4 Å². The Bertz CT molecular complexity index is 403. The smallest absolute Gasteiger partial charge is 0.136 e. The van der Waals surface area contributed by atoms with Crippen LogP contribution in [0.3, 0.4) is 0 Å². The van der Waals surface area contributed by atoms with E-state index in [2.05, 4.69) is 27.3 Å². The highest BCUT2D eigenvalue weighted by atomic mass is 79.9. The normalized spacial score (nSPS) is 19.6. The van der Waals surface area contributed by atoms with Crippen molar-refractivity contribution >= 4 is 15.9 Å². The molecule has 0 saturated carbocycles. The molecule has 3 nitrogen and oxygen atoms in total. The number of hydrogen-bond acceptors (Lipinski definition) is 3. The molecule has 1 unspecified atom stereocenters. The minimum atomic E-state index is 0.687. The number of benzene rings is 1. The van der Waals surface area contributed by atoms with Crippen LogP contribution in [0.2, 0.25) is 0 Å². The summed E-state index contributed by atoms with van der Waals surface area (Å²) >= 11 is 3.54. The lowest BCUT2D eigenvalue weighted by Gasteiger charge is -2.24. The molecule has 1 atom stereocenters. The van der Waals surface area contributed by atoms with E-state index in [9.17, 15) is 0 Å². The highest BCUT2D eigenvalue weighted by Gasteiger charge is 2.18. The number of piperidine rings is 1. The molecular weight excluding hydrogens is 294 g/mol. The Hall–Kier alpha value is -0.740. The second-order valence-corrected chi connectivity index (χ2v) is 5.57. The molecule has 1 aromatic rings. The molecule has 0 aromatic heterocycles. The van der Waals surface area contributed by atoms with Crippen LogP contribution in [-0.4, -0.2) is 27.3 Å². The van der Waals surface area contributed by atoms with E-state index in [-0.39, 0.29) is 0 Å². The molecule has 2 rings (SSSR count). The standard InChI is InChI=1S/C14H20BrNO2/c1-17-12-7-11(14(18-2)13(15)8-12)6-10-4-3-5-16-9-10/h7-8,10,16H,3-6,9H2,1-2H3. The molecule has 1 fully saturated rings. The predicted octanol–water partition coefficient (Wildman–Crippen LogP) is 3.01. The van der Waals surface area contributed by atoms with Gasteiger partial charge in [0.1, 0.15) is 11.5 Å². The van der Waals surface area contributed by atoms with Crippen LogP contribution in [0.4, 0.5) is 0 Å². The van der Waals surface area contributed by atoms with Crippen molar-refractivity contribution < 1.29 is 9.47 Å². The minimum Gasteiger partial charge on any atom is -0.497 e. The number of ether oxygens (including phenoxy) is 2. The maximum atomic E-state index is 5.49. The molecule has 1 aromatic carbocycles. The molecule has 1 heterocycles. The third-order valence-electron chi connectivity index (χ3n) is 3.44. The zero-order chi connectivity index (χ0) is 13.0. The fourth-order valence-electron chi connectivity index (χ4n) is 2.53. The third kappa shape index (κ3) is 3.18. The van der Waals surface area contributed by atoms with Gasteiger partial charge in [0.25, 0.3) is 0 Å². The first kappa shape index (κ1) is 13.7. The quantitative estimate of drug-likeness (QED) is 0.927. The van der Waals surface area contributed by atoms with E-state index in [1.54, 1.807) is 14.2 Å². The van der Waals surface area contributed by atoms with Crippen molar-refractivity contribution in [2.24, 2.45) is 5.92 Å². The van der Waals surface area contributed by atoms with Gasteiger partial charge in [0.15, 0.2) is 0 Å². The van der Waals surface area contributed by atoms with Gasteiger partial charge in [-0.1, -0.05) is 0 Å². The Balaban J connectivity index is 2.20. The van der Waals surface area contributed by atoms with Gasteiger partial charge >= 0.3 is 0 Å². The summed E-state index contributed by atoms with van der Waals surface area (Å²) in [6.07, 6.45) is 3.58. The highest BCUT2D eigenvalue weighted by Crippen LogP contribution is 2.35. The third-order valence-corrected chi connectivity index (χ3v) is 4.03. The molecule has 1 aliphatic heterocycles. The summed E-state index contributed by atoms with van der Waals surface area (Å²) in [7, 11) is 3.41. The fraction of sp³-hybridized carbons (Fsp3) is 0.571. The monoisotopic (exact) mass is 313 g/mol. The average Bonchev–Trinajstić information content (AvgIpc) is 2.39. The lowest BCUT2D eigenvalue weighted by atomic mass is 9.92. The minimum absolute atomic E-state index is 0.687. The highest BCUT2D eigenvalue weighted by molar-refractivity contribution is 9.10. The summed E-state index contributed by atoms with van der Waals surface area (Å²) in [5.41, 5.74) is 1.22. The van der Waals surface area contributed by atoms with Crippen LogP contribution in [0.25, 0.3) is 0 Å². The van der Waals surface area contributed by atoms with Crippen molar-refractivity contribution in [1.82, 2.24) is 5.32 Å². The van der Waals surface area contributed by atoms with Crippen LogP contribution < -0.4 is 14.8 Å². The summed E-state index contributed by atoms with van der Waals surface area (Å²) in [5.74, 6) is 2.49. The van der Waals surface area contributed by atoms with Crippen molar-refractivity contribution in [3.05, 3.63) is 22.2 Å². The summed E-state index contributed by atoms with van der Waals surface area (Å²) in [6, 6.07) is 4.03. The van der Waals surface area contributed by atoms with Gasteiger partial charge in [-0.05, 0) is 71.9 Å². The summed E-state index contributed by atoms with van der Waals surface area (Å²) in [6.45, 7) is 2.24. The second-order valence-electron chi connectivity index (χ2n) is 4.72. The Morgan fingerprint density at radius 1 is 1.33 bits per heavy atom. The first-order valence-electron chi connectivity index (χ1n) is 6.35. The lowest BCUT2D eigenvalue weighted by molar-refractivity contribution is 0.360. The average molecular weight is 314 g/mol. The molecule has 1 aliphatic rings.